The van der Waals surface area contributed by atoms with Gasteiger partial charge in [-0.1, -0.05) is 133 Å². The number of hydrogen-bond donors (Lipinski definition) is 0. The number of furan rings is 1. The number of para-hydroxylation sites is 6. The Hall–Kier alpha value is -8.14. The Morgan fingerprint density at radius 1 is 0.328 bits per heavy atom. The van der Waals surface area contributed by atoms with E-state index >= 15 is 0 Å². The van der Waals surface area contributed by atoms with Crippen LogP contribution in [0.1, 0.15) is 0 Å². The molecule has 0 N–H and O–H groups in total. The van der Waals surface area contributed by atoms with Gasteiger partial charge in [-0.2, -0.15) is 0 Å². The second-order valence-corrected chi connectivity index (χ2v) is 15.8. The molecule has 0 aliphatic heterocycles. The largest absolute Gasteiger partial charge is 0.455 e. The zero-order chi connectivity index (χ0) is 40.3. The summed E-state index contributed by atoms with van der Waals surface area (Å²) in [7, 11) is 0. The van der Waals surface area contributed by atoms with Crippen molar-refractivity contribution >= 4 is 71.6 Å². The van der Waals surface area contributed by atoms with Crippen LogP contribution in [-0.4, -0.2) is 4.57 Å². The zero-order valence-electron chi connectivity index (χ0n) is 33.2. The number of nitrogens with zero attached hydrogens (tertiary/aromatic N) is 2. The third kappa shape index (κ3) is 5.98. The van der Waals surface area contributed by atoms with E-state index in [4.69, 9.17) is 4.42 Å². The van der Waals surface area contributed by atoms with E-state index in [-0.39, 0.29) is 0 Å². The molecule has 0 aliphatic carbocycles. The van der Waals surface area contributed by atoms with Gasteiger partial charge in [0, 0.05) is 49.9 Å². The third-order valence-corrected chi connectivity index (χ3v) is 12.1. The fourth-order valence-electron chi connectivity index (χ4n) is 9.25. The van der Waals surface area contributed by atoms with Crippen LogP contribution < -0.4 is 4.90 Å². The normalized spacial score (nSPS) is 11.6. The number of benzene rings is 10. The van der Waals surface area contributed by atoms with Gasteiger partial charge in [-0.05, 0) is 136 Å². The first-order chi connectivity index (χ1) is 30.2. The minimum absolute atomic E-state index is 0.897. The molecule has 61 heavy (non-hydrogen) atoms. The van der Waals surface area contributed by atoms with Gasteiger partial charge in [0.15, 0.2) is 0 Å². The number of anilines is 3. The van der Waals surface area contributed by atoms with E-state index in [1.807, 2.05) is 6.07 Å². The molecule has 3 nitrogen and oxygen atoms in total. The van der Waals surface area contributed by atoms with Crippen molar-refractivity contribution in [3.63, 3.8) is 0 Å². The minimum atomic E-state index is 0.897. The molecule has 0 bridgehead atoms. The molecule has 0 fully saturated rings. The SMILES string of the molecule is c1ccc(N(c2ccccc2)c2ccc3cc(-c4cc(-c5ccc6c(c5)c5ccccc5n6-c5ccccc5)cc(-c5cccc6c5oc5ccccc56)c4)ccc3c2)cc1. The summed E-state index contributed by atoms with van der Waals surface area (Å²) >= 11 is 0. The highest BCUT2D eigenvalue weighted by Crippen LogP contribution is 2.42. The van der Waals surface area contributed by atoms with Gasteiger partial charge in [0.25, 0.3) is 0 Å². The summed E-state index contributed by atoms with van der Waals surface area (Å²) in [6, 6.07) is 82.9. The molecule has 0 amide bonds. The van der Waals surface area contributed by atoms with Crippen molar-refractivity contribution in [2.45, 2.75) is 0 Å². The van der Waals surface area contributed by atoms with Crippen molar-refractivity contribution in [3.05, 3.63) is 231 Å². The van der Waals surface area contributed by atoms with Crippen LogP contribution in [0.5, 0.6) is 0 Å². The molecule has 0 radical (unpaired) electrons. The Bertz CT molecular complexity index is 3540. The molecule has 0 saturated carbocycles. The smallest absolute Gasteiger partial charge is 0.143 e. The van der Waals surface area contributed by atoms with E-state index in [0.717, 1.165) is 78.1 Å². The average molecular weight is 779 g/mol. The fraction of sp³-hybridized carbons (Fsp3) is 0. The predicted molar refractivity (Wildman–Crippen MR) is 257 cm³/mol. The summed E-state index contributed by atoms with van der Waals surface area (Å²) in [5.74, 6) is 0. The monoisotopic (exact) mass is 778 g/mol. The van der Waals surface area contributed by atoms with Crippen LogP contribution in [0.15, 0.2) is 235 Å². The Labute approximate surface area is 353 Å². The molecular weight excluding hydrogens is 741 g/mol. The van der Waals surface area contributed by atoms with E-state index in [1.54, 1.807) is 0 Å². The van der Waals surface area contributed by atoms with Gasteiger partial charge in [-0.15, -0.1) is 0 Å². The van der Waals surface area contributed by atoms with Gasteiger partial charge in [-0.3, -0.25) is 0 Å². The number of aromatic nitrogens is 1. The molecule has 10 aromatic carbocycles. The first-order valence-electron chi connectivity index (χ1n) is 20.8. The fourth-order valence-corrected chi connectivity index (χ4v) is 9.25. The van der Waals surface area contributed by atoms with Crippen LogP contribution >= 0.6 is 0 Å². The Balaban J connectivity index is 1.03. The summed E-state index contributed by atoms with van der Waals surface area (Å²) in [6.45, 7) is 0. The molecule has 0 saturated heterocycles. The second-order valence-electron chi connectivity index (χ2n) is 15.8. The molecule has 3 heteroatoms. The number of rotatable bonds is 7. The van der Waals surface area contributed by atoms with Crippen LogP contribution in [0.25, 0.3) is 93.6 Å². The molecule has 0 aliphatic rings. The van der Waals surface area contributed by atoms with Crippen LogP contribution in [-0.2, 0) is 0 Å². The van der Waals surface area contributed by atoms with Crippen molar-refractivity contribution in [2.75, 3.05) is 4.90 Å². The van der Waals surface area contributed by atoms with Crippen molar-refractivity contribution < 1.29 is 4.42 Å². The topological polar surface area (TPSA) is 21.3 Å². The molecule has 286 valence electrons. The molecule has 12 rings (SSSR count). The van der Waals surface area contributed by atoms with Gasteiger partial charge in [0.05, 0.1) is 11.0 Å². The minimum Gasteiger partial charge on any atom is -0.455 e. The quantitative estimate of drug-likeness (QED) is 0.161. The molecule has 0 atom stereocenters. The van der Waals surface area contributed by atoms with Crippen molar-refractivity contribution in [1.29, 1.82) is 0 Å². The maximum Gasteiger partial charge on any atom is 0.143 e. The van der Waals surface area contributed by atoms with Crippen LogP contribution in [0.4, 0.5) is 17.1 Å². The van der Waals surface area contributed by atoms with Crippen LogP contribution in [0, 0.1) is 0 Å². The summed E-state index contributed by atoms with van der Waals surface area (Å²) in [5, 5.41) is 7.08. The van der Waals surface area contributed by atoms with Gasteiger partial charge in [-0.25, -0.2) is 0 Å². The van der Waals surface area contributed by atoms with Crippen molar-refractivity contribution in [3.8, 4) is 39.1 Å². The molecule has 2 heterocycles. The van der Waals surface area contributed by atoms with E-state index in [2.05, 4.69) is 234 Å². The van der Waals surface area contributed by atoms with Crippen molar-refractivity contribution in [2.24, 2.45) is 0 Å². The highest BCUT2D eigenvalue weighted by Gasteiger charge is 2.18. The zero-order valence-corrected chi connectivity index (χ0v) is 33.2. The van der Waals surface area contributed by atoms with Crippen LogP contribution in [0.3, 0.4) is 0 Å². The Morgan fingerprint density at radius 3 is 1.67 bits per heavy atom. The first kappa shape index (κ1) is 34.9. The van der Waals surface area contributed by atoms with Crippen molar-refractivity contribution in [1.82, 2.24) is 4.57 Å². The standard InChI is InChI=1S/C58H38N2O/c1-4-15-46(16-5-1)59(47-17-6-2-7-18-47)49-31-29-39-33-40(27-28-41(39)37-49)43-34-44(36-45(35-43)50-23-14-24-53-52-22-11-13-26-57(52)61-58(50)53)42-30-32-56-54(38-42)51-21-10-12-25-55(51)60(56)48-19-8-3-9-20-48/h1-38H. The highest BCUT2D eigenvalue weighted by molar-refractivity contribution is 6.12. The molecular formula is C58H38N2O. The highest BCUT2D eigenvalue weighted by atomic mass is 16.3. The van der Waals surface area contributed by atoms with E-state index < -0.39 is 0 Å². The van der Waals surface area contributed by atoms with E-state index in [0.29, 0.717) is 0 Å². The lowest BCUT2D eigenvalue weighted by atomic mass is 9.91. The van der Waals surface area contributed by atoms with E-state index in [1.165, 1.54) is 32.6 Å². The van der Waals surface area contributed by atoms with Gasteiger partial charge in [0.1, 0.15) is 11.2 Å². The van der Waals surface area contributed by atoms with Gasteiger partial charge < -0.3 is 13.9 Å². The average Bonchev–Trinajstić information content (AvgIpc) is 3.88. The third-order valence-electron chi connectivity index (χ3n) is 12.1. The second kappa shape index (κ2) is 14.3. The van der Waals surface area contributed by atoms with E-state index in [9.17, 15) is 0 Å². The number of hydrogen-bond acceptors (Lipinski definition) is 2. The molecule has 0 unspecified atom stereocenters. The summed E-state index contributed by atoms with van der Waals surface area (Å²) in [4.78, 5) is 2.32. The summed E-state index contributed by atoms with van der Waals surface area (Å²) in [6.07, 6.45) is 0. The molecule has 2 aromatic heterocycles. The maximum absolute atomic E-state index is 6.63. The Morgan fingerprint density at radius 2 is 0.902 bits per heavy atom. The Kier molecular flexibility index (Phi) is 8.17. The first-order valence-corrected chi connectivity index (χ1v) is 20.8. The predicted octanol–water partition coefficient (Wildman–Crippen LogP) is 16.3. The maximum atomic E-state index is 6.63. The van der Waals surface area contributed by atoms with Crippen LogP contribution in [0.2, 0.25) is 0 Å². The lowest BCUT2D eigenvalue weighted by molar-refractivity contribution is 0.670. The van der Waals surface area contributed by atoms with Gasteiger partial charge in [0.2, 0.25) is 0 Å². The van der Waals surface area contributed by atoms with Gasteiger partial charge >= 0.3 is 0 Å². The summed E-state index contributed by atoms with van der Waals surface area (Å²) in [5.41, 5.74) is 15.5. The lowest BCUT2D eigenvalue weighted by Gasteiger charge is -2.25. The molecule has 12 aromatic rings. The summed E-state index contributed by atoms with van der Waals surface area (Å²) < 4.78 is 9.00. The molecule has 0 spiro atoms. The number of fused-ring (bicyclic) bond motifs is 7. The lowest BCUT2D eigenvalue weighted by Crippen LogP contribution is -2.09.